The van der Waals surface area contributed by atoms with Gasteiger partial charge in [-0.1, -0.05) is 96.8 Å². The first kappa shape index (κ1) is 29.7. The van der Waals surface area contributed by atoms with Gasteiger partial charge in [0.1, 0.15) is 5.44 Å². The highest BCUT2D eigenvalue weighted by molar-refractivity contribution is 8.00. The van der Waals surface area contributed by atoms with Crippen LogP contribution in [0.15, 0.2) is 0 Å². The summed E-state index contributed by atoms with van der Waals surface area (Å²) in [7, 11) is 2.43. The molecule has 0 saturated carbocycles. The second-order valence-corrected chi connectivity index (χ2v) is 11.7. The molecule has 3 nitrogen and oxygen atoms in total. The Bertz CT molecular complexity index is 407. The minimum absolute atomic E-state index is 0. The summed E-state index contributed by atoms with van der Waals surface area (Å²) in [5.74, 6) is 0. The highest BCUT2D eigenvalue weighted by Crippen LogP contribution is 2.32. The molecule has 0 aliphatic carbocycles. The summed E-state index contributed by atoms with van der Waals surface area (Å²) in [6, 6.07) is 0. The summed E-state index contributed by atoms with van der Waals surface area (Å²) in [4.78, 5) is 0. The molecule has 0 amide bonds. The van der Waals surface area contributed by atoms with Gasteiger partial charge in [0.05, 0.1) is 38.5 Å². The maximum Gasteiger partial charge on any atom is 0.103 e. The van der Waals surface area contributed by atoms with Gasteiger partial charge in [0, 0.05) is 13.1 Å². The number of quaternary nitrogens is 1. The van der Waals surface area contributed by atoms with Crippen LogP contribution in [0.2, 0.25) is 0 Å². The van der Waals surface area contributed by atoms with Crippen molar-refractivity contribution in [3.8, 4) is 0 Å². The number of ether oxygens (including phenoxy) is 1. The lowest BCUT2D eigenvalue weighted by Gasteiger charge is -2.39. The third kappa shape index (κ3) is 14.6. The van der Waals surface area contributed by atoms with Crippen LogP contribution in [0.4, 0.5) is 0 Å². The van der Waals surface area contributed by atoms with Gasteiger partial charge in [0.2, 0.25) is 0 Å². The van der Waals surface area contributed by atoms with E-state index in [0.717, 1.165) is 11.9 Å². The zero-order chi connectivity index (χ0) is 21.3. The Hall–Kier alpha value is 0.710. The van der Waals surface area contributed by atoms with E-state index in [4.69, 9.17) is 4.74 Å². The van der Waals surface area contributed by atoms with Crippen molar-refractivity contribution in [1.82, 2.24) is 5.32 Å². The molecule has 2 atom stereocenters. The van der Waals surface area contributed by atoms with Gasteiger partial charge in [0.15, 0.2) is 0 Å². The minimum Gasteiger partial charge on any atom is -1.00 e. The predicted octanol–water partition coefficient (Wildman–Crippen LogP) is 3.76. The Morgan fingerprint density at radius 1 is 0.774 bits per heavy atom. The van der Waals surface area contributed by atoms with Crippen LogP contribution in [-0.4, -0.2) is 61.5 Å². The van der Waals surface area contributed by atoms with Crippen LogP contribution in [-0.2, 0) is 4.74 Å². The molecular formula is C26H53BrN2OS. The highest BCUT2D eigenvalue weighted by atomic mass is 79.9. The van der Waals surface area contributed by atoms with Gasteiger partial charge >= 0.3 is 0 Å². The van der Waals surface area contributed by atoms with E-state index in [-0.39, 0.29) is 17.0 Å². The molecule has 2 heterocycles. The summed E-state index contributed by atoms with van der Waals surface area (Å²) in [6.07, 6.45) is 22.9. The number of nitrogens with zero attached hydrogens (tertiary/aromatic N) is 1. The summed E-state index contributed by atoms with van der Waals surface area (Å²) in [6.45, 7) is 9.49. The number of rotatable bonds is 18. The molecule has 2 aliphatic heterocycles. The molecule has 0 aromatic carbocycles. The van der Waals surface area contributed by atoms with Crippen molar-refractivity contribution >= 4 is 11.8 Å². The molecule has 0 radical (unpaired) electrons. The fourth-order valence-corrected chi connectivity index (χ4v) is 6.54. The van der Waals surface area contributed by atoms with E-state index >= 15 is 0 Å². The predicted molar refractivity (Wildman–Crippen MR) is 134 cm³/mol. The lowest BCUT2D eigenvalue weighted by atomic mass is 10.0. The molecule has 0 aromatic heterocycles. The number of hydrogen-bond acceptors (Lipinski definition) is 3. The largest absolute Gasteiger partial charge is 1.00 e. The zero-order valence-electron chi connectivity index (χ0n) is 20.9. The van der Waals surface area contributed by atoms with Crippen molar-refractivity contribution in [3.63, 3.8) is 0 Å². The van der Waals surface area contributed by atoms with E-state index in [9.17, 15) is 0 Å². The van der Waals surface area contributed by atoms with E-state index in [1.807, 2.05) is 0 Å². The summed E-state index contributed by atoms with van der Waals surface area (Å²) in [5.41, 5.74) is 0.478. The molecule has 2 fully saturated rings. The first-order valence-electron chi connectivity index (χ1n) is 13.5. The van der Waals surface area contributed by atoms with Crippen LogP contribution in [0.3, 0.4) is 0 Å². The van der Waals surface area contributed by atoms with Crippen LogP contribution in [0.5, 0.6) is 0 Å². The van der Waals surface area contributed by atoms with E-state index in [1.54, 1.807) is 0 Å². The van der Waals surface area contributed by atoms with Gasteiger partial charge in [-0.25, -0.2) is 0 Å². The second-order valence-electron chi connectivity index (χ2n) is 10.3. The molecule has 2 unspecified atom stereocenters. The van der Waals surface area contributed by atoms with Crippen LogP contribution >= 0.6 is 11.8 Å². The number of piperazine rings is 1. The molecule has 2 saturated heterocycles. The van der Waals surface area contributed by atoms with Gasteiger partial charge in [-0.05, 0) is 12.8 Å². The monoisotopic (exact) mass is 520 g/mol. The Morgan fingerprint density at radius 2 is 1.26 bits per heavy atom. The molecule has 186 valence electrons. The van der Waals surface area contributed by atoms with Gasteiger partial charge in [-0.2, -0.15) is 0 Å². The van der Waals surface area contributed by atoms with Crippen LogP contribution in [0.25, 0.3) is 0 Å². The van der Waals surface area contributed by atoms with Gasteiger partial charge in [-0.3, -0.25) is 0 Å². The molecular weight excluding hydrogens is 468 g/mol. The lowest BCUT2D eigenvalue weighted by Crippen LogP contribution is -3.00. The van der Waals surface area contributed by atoms with Crippen molar-refractivity contribution in [2.24, 2.45) is 0 Å². The average Bonchev–Trinajstić information content (AvgIpc) is 3.18. The average molecular weight is 522 g/mol. The van der Waals surface area contributed by atoms with Gasteiger partial charge < -0.3 is 31.5 Å². The molecule has 0 aromatic rings. The SMILES string of the molecule is CCCCCCCCCCCCCCCCCC1OCC(C[N+]2(C)CCNCC2)S1.[Br-]. The fourth-order valence-electron chi connectivity index (χ4n) is 5.05. The van der Waals surface area contributed by atoms with E-state index in [0.29, 0.717) is 5.44 Å². The topological polar surface area (TPSA) is 21.3 Å². The van der Waals surface area contributed by atoms with Crippen LogP contribution in [0, 0.1) is 0 Å². The summed E-state index contributed by atoms with van der Waals surface area (Å²) < 4.78 is 7.34. The summed E-state index contributed by atoms with van der Waals surface area (Å²) >= 11 is 2.13. The standard InChI is InChI=1S/C26H53N2OS.BrH/c1-3-4-5-6-7-8-9-10-11-12-13-14-15-16-17-18-26-29-24-25(30-26)23-28(2)21-19-27-20-22-28;/h25-27H,3-24H2,1-2H3;1H/q+1;/p-1. The lowest BCUT2D eigenvalue weighted by molar-refractivity contribution is -0.910. The molecule has 2 rings (SSSR count). The first-order chi connectivity index (χ1) is 14.7. The maximum atomic E-state index is 6.11. The first-order valence-corrected chi connectivity index (χ1v) is 14.5. The second kappa shape index (κ2) is 19.1. The smallest absolute Gasteiger partial charge is 0.103 e. The molecule has 2 aliphatic rings. The van der Waals surface area contributed by atoms with Crippen molar-refractivity contribution in [1.29, 1.82) is 0 Å². The third-order valence-corrected chi connectivity index (χ3v) is 8.50. The zero-order valence-corrected chi connectivity index (χ0v) is 23.3. The van der Waals surface area contributed by atoms with Crippen molar-refractivity contribution < 1.29 is 26.2 Å². The molecule has 0 spiro atoms. The highest BCUT2D eigenvalue weighted by Gasteiger charge is 2.34. The normalized spacial score (nSPS) is 23.0. The summed E-state index contributed by atoms with van der Waals surface area (Å²) in [5, 5.41) is 4.21. The van der Waals surface area contributed by atoms with E-state index in [2.05, 4.69) is 31.1 Å². The van der Waals surface area contributed by atoms with Crippen LogP contribution in [0.1, 0.15) is 110 Å². The fraction of sp³-hybridized carbons (Fsp3) is 1.00. The Labute approximate surface area is 209 Å². The molecule has 5 heteroatoms. The number of halogens is 1. The Balaban J connectivity index is 0.00000480. The number of unbranched alkanes of at least 4 members (excludes halogenated alkanes) is 14. The maximum absolute atomic E-state index is 6.11. The van der Waals surface area contributed by atoms with Crippen LogP contribution < -0.4 is 22.3 Å². The van der Waals surface area contributed by atoms with Crippen molar-refractivity contribution in [2.75, 3.05) is 46.4 Å². The number of nitrogens with one attached hydrogen (secondary N) is 1. The Kier molecular flexibility index (Phi) is 18.3. The van der Waals surface area contributed by atoms with E-state index < -0.39 is 0 Å². The quantitative estimate of drug-likeness (QED) is 0.219. The third-order valence-electron chi connectivity index (χ3n) is 7.16. The molecule has 31 heavy (non-hydrogen) atoms. The van der Waals surface area contributed by atoms with Crippen molar-refractivity contribution in [2.45, 2.75) is 120 Å². The molecule has 0 bridgehead atoms. The minimum atomic E-state index is 0. The number of hydrogen-bond donors (Lipinski definition) is 1. The van der Waals surface area contributed by atoms with E-state index in [1.165, 1.54) is 140 Å². The molecule has 1 N–H and O–H groups in total. The number of likely N-dealkylation sites (N-methyl/N-ethyl adjacent to an activating group) is 1. The number of thioether (sulfide) groups is 1. The Morgan fingerprint density at radius 3 is 1.77 bits per heavy atom. The van der Waals surface area contributed by atoms with Crippen molar-refractivity contribution in [3.05, 3.63) is 0 Å². The van der Waals surface area contributed by atoms with Gasteiger partial charge in [-0.15, -0.1) is 11.8 Å². The van der Waals surface area contributed by atoms with Gasteiger partial charge in [0.25, 0.3) is 0 Å².